The van der Waals surface area contributed by atoms with Crippen LogP contribution in [0.2, 0.25) is 0 Å². The van der Waals surface area contributed by atoms with Crippen LogP contribution in [0.25, 0.3) is 0 Å². The summed E-state index contributed by atoms with van der Waals surface area (Å²) in [6, 6.07) is 14.3. The van der Waals surface area contributed by atoms with E-state index in [2.05, 4.69) is 55.9 Å². The second-order valence-electron chi connectivity index (χ2n) is 4.83. The summed E-state index contributed by atoms with van der Waals surface area (Å²) in [7, 11) is 2.06. The van der Waals surface area contributed by atoms with E-state index < -0.39 is 6.10 Å². The Morgan fingerprint density at radius 1 is 1.10 bits per heavy atom. The van der Waals surface area contributed by atoms with Crippen molar-refractivity contribution >= 4 is 37.5 Å². The van der Waals surface area contributed by atoms with Gasteiger partial charge in [0.05, 0.1) is 6.10 Å². The maximum absolute atomic E-state index is 9.66. The van der Waals surface area contributed by atoms with Crippen LogP contribution in [0.5, 0.6) is 0 Å². The van der Waals surface area contributed by atoms with Crippen LogP contribution in [0.4, 0.5) is 5.69 Å². The summed E-state index contributed by atoms with van der Waals surface area (Å²) in [6.45, 7) is 2.59. The van der Waals surface area contributed by atoms with E-state index in [4.69, 9.17) is 0 Å². The Hall–Kier alpha value is -0.840. The molecule has 0 fully saturated rings. The lowest BCUT2D eigenvalue weighted by molar-refractivity contribution is 0.198. The lowest BCUT2D eigenvalue weighted by Crippen LogP contribution is -2.16. The molecule has 0 saturated heterocycles. The second-order valence-corrected chi connectivity index (χ2v) is 6.54. The van der Waals surface area contributed by atoms with Gasteiger partial charge in [0.25, 0.3) is 0 Å². The molecule has 106 valence electrons. The molecule has 0 aliphatic rings. The van der Waals surface area contributed by atoms with E-state index in [0.717, 1.165) is 26.7 Å². The van der Waals surface area contributed by atoms with Crippen LogP contribution in [0.1, 0.15) is 24.2 Å². The minimum Gasteiger partial charge on any atom is -0.389 e. The van der Waals surface area contributed by atoms with Crippen molar-refractivity contribution in [2.75, 3.05) is 11.9 Å². The molecule has 0 aliphatic heterocycles. The first-order chi connectivity index (χ1) is 9.49. The molecule has 0 heterocycles. The van der Waals surface area contributed by atoms with E-state index in [1.807, 2.05) is 30.3 Å². The smallest absolute Gasteiger partial charge is 0.0772 e. The zero-order valence-corrected chi connectivity index (χ0v) is 14.6. The number of hydrogen-bond donors (Lipinski definition) is 1. The van der Waals surface area contributed by atoms with Crippen molar-refractivity contribution in [2.45, 2.75) is 19.6 Å². The maximum atomic E-state index is 9.66. The van der Waals surface area contributed by atoms with Gasteiger partial charge in [-0.15, -0.1) is 0 Å². The number of hydrogen-bond acceptors (Lipinski definition) is 2. The van der Waals surface area contributed by atoms with Crippen molar-refractivity contribution < 1.29 is 5.11 Å². The molecular formula is C16H17Br2NO. The minimum atomic E-state index is -0.466. The molecule has 4 heteroatoms. The molecule has 20 heavy (non-hydrogen) atoms. The predicted octanol–water partition coefficient (Wildman–Crippen LogP) is 4.90. The highest BCUT2D eigenvalue weighted by Crippen LogP contribution is 2.29. The van der Waals surface area contributed by atoms with Crippen molar-refractivity contribution in [3.8, 4) is 0 Å². The SMILES string of the molecule is C[C@H](O)c1ccc(N(C)Cc2ccccc2Br)cc1Br. The number of benzene rings is 2. The zero-order chi connectivity index (χ0) is 14.7. The van der Waals surface area contributed by atoms with Gasteiger partial charge in [-0.1, -0.05) is 56.1 Å². The van der Waals surface area contributed by atoms with Gasteiger partial charge in [0.15, 0.2) is 0 Å². The van der Waals surface area contributed by atoms with E-state index in [1.54, 1.807) is 6.92 Å². The van der Waals surface area contributed by atoms with E-state index in [1.165, 1.54) is 5.56 Å². The highest BCUT2D eigenvalue weighted by atomic mass is 79.9. The number of nitrogens with zero attached hydrogens (tertiary/aromatic N) is 1. The Kier molecular flexibility index (Phi) is 5.24. The maximum Gasteiger partial charge on any atom is 0.0772 e. The Balaban J connectivity index is 2.20. The van der Waals surface area contributed by atoms with Gasteiger partial charge in [0.2, 0.25) is 0 Å². The van der Waals surface area contributed by atoms with Gasteiger partial charge in [-0.05, 0) is 36.2 Å². The summed E-state index contributed by atoms with van der Waals surface area (Å²) in [4.78, 5) is 2.18. The van der Waals surface area contributed by atoms with Crippen LogP contribution in [-0.2, 0) is 6.54 Å². The fourth-order valence-corrected chi connectivity index (χ4v) is 3.17. The summed E-state index contributed by atoms with van der Waals surface area (Å²) in [5.74, 6) is 0. The second kappa shape index (κ2) is 6.74. The van der Waals surface area contributed by atoms with Crippen LogP contribution < -0.4 is 4.90 Å². The van der Waals surface area contributed by atoms with E-state index in [0.29, 0.717) is 0 Å². The molecule has 1 N–H and O–H groups in total. The highest BCUT2D eigenvalue weighted by Gasteiger charge is 2.10. The quantitative estimate of drug-likeness (QED) is 0.791. The van der Waals surface area contributed by atoms with Gasteiger partial charge < -0.3 is 10.0 Å². The van der Waals surface area contributed by atoms with Gasteiger partial charge in [0, 0.05) is 28.2 Å². The first kappa shape index (κ1) is 15.5. The average Bonchev–Trinajstić information content (AvgIpc) is 2.40. The Morgan fingerprint density at radius 2 is 1.80 bits per heavy atom. The third kappa shape index (κ3) is 3.62. The third-order valence-electron chi connectivity index (χ3n) is 3.24. The first-order valence-electron chi connectivity index (χ1n) is 6.41. The highest BCUT2D eigenvalue weighted by molar-refractivity contribution is 9.10. The summed E-state index contributed by atoms with van der Waals surface area (Å²) in [5.41, 5.74) is 3.26. The number of halogens is 2. The molecule has 1 atom stereocenters. The van der Waals surface area contributed by atoms with Gasteiger partial charge in [0.1, 0.15) is 0 Å². The molecule has 2 rings (SSSR count). The van der Waals surface area contributed by atoms with Crippen LogP contribution in [0, 0.1) is 0 Å². The lowest BCUT2D eigenvalue weighted by atomic mass is 10.1. The number of aliphatic hydroxyl groups is 1. The molecule has 2 aromatic carbocycles. The fourth-order valence-electron chi connectivity index (χ4n) is 2.07. The van der Waals surface area contributed by atoms with Crippen molar-refractivity contribution in [3.63, 3.8) is 0 Å². The van der Waals surface area contributed by atoms with E-state index in [9.17, 15) is 5.11 Å². The third-order valence-corrected chi connectivity index (χ3v) is 4.70. The monoisotopic (exact) mass is 397 g/mol. The van der Waals surface area contributed by atoms with Gasteiger partial charge >= 0.3 is 0 Å². The minimum absolute atomic E-state index is 0.466. The number of anilines is 1. The molecule has 0 radical (unpaired) electrons. The Labute approximate surface area is 136 Å². The van der Waals surface area contributed by atoms with Gasteiger partial charge in [-0.2, -0.15) is 0 Å². The van der Waals surface area contributed by atoms with Crippen LogP contribution in [0.15, 0.2) is 51.4 Å². The molecular weight excluding hydrogens is 382 g/mol. The van der Waals surface area contributed by atoms with Crippen LogP contribution >= 0.6 is 31.9 Å². The van der Waals surface area contributed by atoms with Crippen LogP contribution in [-0.4, -0.2) is 12.2 Å². The molecule has 0 aromatic heterocycles. The van der Waals surface area contributed by atoms with E-state index in [-0.39, 0.29) is 0 Å². The lowest BCUT2D eigenvalue weighted by Gasteiger charge is -2.21. The topological polar surface area (TPSA) is 23.5 Å². The predicted molar refractivity (Wildman–Crippen MR) is 91.0 cm³/mol. The summed E-state index contributed by atoms with van der Waals surface area (Å²) in [5, 5.41) is 9.66. The van der Waals surface area contributed by atoms with Crippen molar-refractivity contribution in [1.82, 2.24) is 0 Å². The average molecular weight is 399 g/mol. The first-order valence-corrected chi connectivity index (χ1v) is 7.99. The molecule has 0 aliphatic carbocycles. The molecule has 2 nitrogen and oxygen atoms in total. The Bertz CT molecular complexity index is 599. The molecule has 2 aromatic rings. The number of rotatable bonds is 4. The molecule has 0 unspecified atom stereocenters. The van der Waals surface area contributed by atoms with Gasteiger partial charge in [-0.25, -0.2) is 0 Å². The normalized spacial score (nSPS) is 12.2. The molecule has 0 saturated carbocycles. The molecule has 0 spiro atoms. The molecule has 0 bridgehead atoms. The largest absolute Gasteiger partial charge is 0.389 e. The Morgan fingerprint density at radius 3 is 2.40 bits per heavy atom. The van der Waals surface area contributed by atoms with Crippen molar-refractivity contribution in [2.24, 2.45) is 0 Å². The number of aliphatic hydroxyl groups excluding tert-OH is 1. The standard InChI is InChI=1S/C16H17Br2NO/c1-11(20)14-8-7-13(9-16(14)18)19(2)10-12-5-3-4-6-15(12)17/h3-9,11,20H,10H2,1-2H3/t11-/m0/s1. The summed E-state index contributed by atoms with van der Waals surface area (Å²) < 4.78 is 2.05. The zero-order valence-electron chi connectivity index (χ0n) is 11.5. The van der Waals surface area contributed by atoms with Crippen LogP contribution in [0.3, 0.4) is 0 Å². The summed E-state index contributed by atoms with van der Waals surface area (Å²) >= 11 is 7.09. The van der Waals surface area contributed by atoms with Crippen molar-refractivity contribution in [3.05, 3.63) is 62.5 Å². The summed E-state index contributed by atoms with van der Waals surface area (Å²) in [6.07, 6.45) is -0.466. The van der Waals surface area contributed by atoms with Crippen molar-refractivity contribution in [1.29, 1.82) is 0 Å². The molecule has 0 amide bonds. The fraction of sp³-hybridized carbons (Fsp3) is 0.250. The van der Waals surface area contributed by atoms with E-state index >= 15 is 0 Å². The van der Waals surface area contributed by atoms with Gasteiger partial charge in [-0.3, -0.25) is 0 Å².